The van der Waals surface area contributed by atoms with E-state index in [1.807, 2.05) is 24.3 Å². The molecule has 0 spiro atoms. The number of rotatable bonds is 2. The van der Waals surface area contributed by atoms with Crippen molar-refractivity contribution in [3.05, 3.63) is 71.2 Å². The van der Waals surface area contributed by atoms with Crippen molar-refractivity contribution < 1.29 is 13.9 Å². The lowest BCUT2D eigenvalue weighted by Crippen LogP contribution is -2.03. The Balaban J connectivity index is 2.19. The quantitative estimate of drug-likeness (QED) is 0.752. The van der Waals surface area contributed by atoms with Crippen molar-refractivity contribution in [1.82, 2.24) is 0 Å². The third-order valence-corrected chi connectivity index (χ3v) is 3.29. The van der Waals surface area contributed by atoms with Gasteiger partial charge in [0, 0.05) is 16.5 Å². The van der Waals surface area contributed by atoms with E-state index < -0.39 is 11.9 Å². The van der Waals surface area contributed by atoms with Gasteiger partial charge in [0.2, 0.25) is 0 Å². The van der Waals surface area contributed by atoms with Crippen LogP contribution in [0.25, 0.3) is 11.0 Å². The van der Waals surface area contributed by atoms with Gasteiger partial charge in [0.1, 0.15) is 23.3 Å². The highest BCUT2D eigenvalue weighted by Gasteiger charge is 2.22. The van der Waals surface area contributed by atoms with Crippen LogP contribution >= 0.6 is 0 Å². The van der Waals surface area contributed by atoms with E-state index in [1.54, 1.807) is 25.1 Å². The van der Waals surface area contributed by atoms with Gasteiger partial charge < -0.3 is 9.52 Å². The summed E-state index contributed by atoms with van der Waals surface area (Å²) in [6, 6.07) is 13.7. The first-order valence-corrected chi connectivity index (χ1v) is 6.09. The van der Waals surface area contributed by atoms with E-state index in [2.05, 4.69) is 0 Å². The number of aryl methyl sites for hydroxylation is 1. The molecule has 2 aromatic carbocycles. The highest BCUT2D eigenvalue weighted by molar-refractivity contribution is 5.83. The first-order chi connectivity index (χ1) is 9.18. The second kappa shape index (κ2) is 4.52. The SMILES string of the molecule is Cc1oc2ccccc2c1C(O)c1ccccc1F. The molecule has 0 fully saturated rings. The Morgan fingerprint density at radius 2 is 1.74 bits per heavy atom. The lowest BCUT2D eigenvalue weighted by atomic mass is 9.98. The number of aliphatic hydroxyl groups excluding tert-OH is 1. The molecule has 1 heterocycles. The number of hydrogen-bond acceptors (Lipinski definition) is 2. The average molecular weight is 256 g/mol. The molecule has 0 saturated carbocycles. The smallest absolute Gasteiger partial charge is 0.134 e. The van der Waals surface area contributed by atoms with Crippen molar-refractivity contribution in [2.24, 2.45) is 0 Å². The molecule has 1 aromatic heterocycles. The summed E-state index contributed by atoms with van der Waals surface area (Å²) in [5.74, 6) is 0.191. The minimum absolute atomic E-state index is 0.261. The zero-order chi connectivity index (χ0) is 13.4. The normalized spacial score (nSPS) is 12.8. The van der Waals surface area contributed by atoms with Crippen molar-refractivity contribution in [2.75, 3.05) is 0 Å². The van der Waals surface area contributed by atoms with Gasteiger partial charge in [0.15, 0.2) is 0 Å². The van der Waals surface area contributed by atoms with Gasteiger partial charge in [-0.25, -0.2) is 4.39 Å². The van der Waals surface area contributed by atoms with E-state index in [4.69, 9.17) is 4.42 Å². The molecule has 19 heavy (non-hydrogen) atoms. The van der Waals surface area contributed by atoms with Gasteiger partial charge in [-0.2, -0.15) is 0 Å². The zero-order valence-corrected chi connectivity index (χ0v) is 10.4. The van der Waals surface area contributed by atoms with Crippen molar-refractivity contribution >= 4 is 11.0 Å². The lowest BCUT2D eigenvalue weighted by Gasteiger charge is -2.11. The van der Waals surface area contributed by atoms with E-state index in [0.717, 1.165) is 5.39 Å². The predicted octanol–water partition coefficient (Wildman–Crippen LogP) is 3.96. The third-order valence-electron chi connectivity index (χ3n) is 3.29. The Bertz CT molecular complexity index is 730. The van der Waals surface area contributed by atoms with Crippen LogP contribution in [0, 0.1) is 12.7 Å². The molecule has 0 aliphatic rings. The highest BCUT2D eigenvalue weighted by atomic mass is 19.1. The van der Waals surface area contributed by atoms with Crippen LogP contribution in [0.4, 0.5) is 4.39 Å². The van der Waals surface area contributed by atoms with Crippen molar-refractivity contribution in [1.29, 1.82) is 0 Å². The largest absolute Gasteiger partial charge is 0.461 e. The van der Waals surface area contributed by atoms with Crippen LogP contribution in [0.15, 0.2) is 52.9 Å². The van der Waals surface area contributed by atoms with Crippen LogP contribution in [-0.4, -0.2) is 5.11 Å². The average Bonchev–Trinajstić information content (AvgIpc) is 2.74. The number of fused-ring (bicyclic) bond motifs is 1. The van der Waals surface area contributed by atoms with Gasteiger partial charge in [-0.15, -0.1) is 0 Å². The molecule has 0 radical (unpaired) electrons. The van der Waals surface area contributed by atoms with Crippen LogP contribution in [0.1, 0.15) is 23.0 Å². The Morgan fingerprint density at radius 3 is 2.53 bits per heavy atom. The maximum Gasteiger partial charge on any atom is 0.134 e. The van der Waals surface area contributed by atoms with Crippen LogP contribution in [0.5, 0.6) is 0 Å². The van der Waals surface area contributed by atoms with Crippen LogP contribution < -0.4 is 0 Å². The second-order valence-electron chi connectivity index (χ2n) is 4.49. The summed E-state index contributed by atoms with van der Waals surface area (Å²) >= 11 is 0. The molecule has 96 valence electrons. The predicted molar refractivity (Wildman–Crippen MR) is 71.4 cm³/mol. The monoisotopic (exact) mass is 256 g/mol. The van der Waals surface area contributed by atoms with Crippen molar-refractivity contribution in [2.45, 2.75) is 13.0 Å². The summed E-state index contributed by atoms with van der Waals surface area (Å²) in [6.07, 6.45) is -1.02. The molecule has 3 aromatic rings. The van der Waals surface area contributed by atoms with E-state index in [1.165, 1.54) is 6.07 Å². The van der Waals surface area contributed by atoms with Crippen molar-refractivity contribution in [3.63, 3.8) is 0 Å². The molecule has 1 N–H and O–H groups in total. The van der Waals surface area contributed by atoms with Crippen LogP contribution in [0.2, 0.25) is 0 Å². The minimum Gasteiger partial charge on any atom is -0.461 e. The van der Waals surface area contributed by atoms with Crippen LogP contribution in [0.3, 0.4) is 0 Å². The Labute approximate surface area is 110 Å². The Hall–Kier alpha value is -2.13. The number of hydrogen-bond donors (Lipinski definition) is 1. The van der Waals surface area contributed by atoms with Gasteiger partial charge >= 0.3 is 0 Å². The summed E-state index contributed by atoms with van der Waals surface area (Å²) in [6.45, 7) is 1.78. The van der Waals surface area contributed by atoms with Gasteiger partial charge in [0.05, 0.1) is 0 Å². The second-order valence-corrected chi connectivity index (χ2v) is 4.49. The van der Waals surface area contributed by atoms with Gasteiger partial charge in [-0.1, -0.05) is 36.4 Å². The maximum atomic E-state index is 13.8. The fourth-order valence-corrected chi connectivity index (χ4v) is 2.38. The van der Waals surface area contributed by atoms with Gasteiger partial charge in [-0.05, 0) is 19.1 Å². The topological polar surface area (TPSA) is 33.4 Å². The molecule has 1 atom stereocenters. The molecular weight excluding hydrogens is 243 g/mol. The van der Waals surface area contributed by atoms with E-state index in [0.29, 0.717) is 16.9 Å². The fraction of sp³-hybridized carbons (Fsp3) is 0.125. The third kappa shape index (κ3) is 1.92. The minimum atomic E-state index is -1.02. The number of halogens is 1. The molecular formula is C16H13FO2. The summed E-state index contributed by atoms with van der Waals surface area (Å²) in [5.41, 5.74) is 1.59. The Kier molecular flexibility index (Phi) is 2.84. The highest BCUT2D eigenvalue weighted by Crippen LogP contribution is 2.34. The van der Waals surface area contributed by atoms with E-state index in [-0.39, 0.29) is 5.56 Å². The molecule has 1 unspecified atom stereocenters. The molecule has 0 amide bonds. The van der Waals surface area contributed by atoms with Crippen molar-refractivity contribution in [3.8, 4) is 0 Å². The molecule has 0 saturated heterocycles. The summed E-state index contributed by atoms with van der Waals surface area (Å²) in [7, 11) is 0. The number of para-hydroxylation sites is 1. The molecule has 3 heteroatoms. The molecule has 0 aliphatic carbocycles. The first-order valence-electron chi connectivity index (χ1n) is 6.09. The van der Waals surface area contributed by atoms with Gasteiger partial charge in [-0.3, -0.25) is 0 Å². The number of aliphatic hydroxyl groups is 1. The van der Waals surface area contributed by atoms with Crippen LogP contribution in [-0.2, 0) is 0 Å². The zero-order valence-electron chi connectivity index (χ0n) is 10.4. The summed E-state index contributed by atoms with van der Waals surface area (Å²) < 4.78 is 19.4. The van der Waals surface area contributed by atoms with Gasteiger partial charge in [0.25, 0.3) is 0 Å². The Morgan fingerprint density at radius 1 is 1.05 bits per heavy atom. The standard InChI is InChI=1S/C16H13FO2/c1-10-15(12-7-3-5-9-14(12)19-10)16(18)11-6-2-4-8-13(11)17/h2-9,16,18H,1H3. The molecule has 0 aliphatic heterocycles. The number of benzene rings is 2. The fourth-order valence-electron chi connectivity index (χ4n) is 2.38. The maximum absolute atomic E-state index is 13.8. The summed E-state index contributed by atoms with van der Waals surface area (Å²) in [4.78, 5) is 0. The lowest BCUT2D eigenvalue weighted by molar-refractivity contribution is 0.214. The van der Waals surface area contributed by atoms with E-state index in [9.17, 15) is 9.50 Å². The van der Waals surface area contributed by atoms with E-state index >= 15 is 0 Å². The number of furan rings is 1. The molecule has 2 nitrogen and oxygen atoms in total. The molecule has 0 bridgehead atoms. The first kappa shape index (κ1) is 11.9. The summed E-state index contributed by atoms with van der Waals surface area (Å²) in [5, 5.41) is 11.3. The molecule has 3 rings (SSSR count).